The van der Waals surface area contributed by atoms with Crippen LogP contribution >= 0.6 is 0 Å². The normalized spacial score (nSPS) is 19.5. The molecule has 1 rings (SSSR count). The quantitative estimate of drug-likeness (QED) is 0.735. The lowest BCUT2D eigenvalue weighted by Gasteiger charge is -2.35. The lowest BCUT2D eigenvalue weighted by Crippen LogP contribution is -2.56. The van der Waals surface area contributed by atoms with Crippen molar-refractivity contribution in [1.29, 1.82) is 0 Å². The first-order valence-corrected chi connectivity index (χ1v) is 6.13. The highest BCUT2D eigenvalue weighted by Crippen LogP contribution is 2.14. The molecule has 1 atom stereocenters. The number of terminal acetylenes is 1. The summed E-state index contributed by atoms with van der Waals surface area (Å²) in [5.74, 6) is 1.98. The smallest absolute Gasteiger partial charge is 0.411 e. The van der Waals surface area contributed by atoms with E-state index in [-0.39, 0.29) is 19.1 Å². The molecule has 0 aliphatic carbocycles. The summed E-state index contributed by atoms with van der Waals surface area (Å²) in [6.45, 7) is 6.31. The second-order valence-electron chi connectivity index (χ2n) is 5.19. The molecular formula is C13H20N2O4. The summed E-state index contributed by atoms with van der Waals surface area (Å²) in [7, 11) is 0. The van der Waals surface area contributed by atoms with E-state index in [9.17, 15) is 9.59 Å². The van der Waals surface area contributed by atoms with Crippen molar-refractivity contribution >= 4 is 12.0 Å². The topological polar surface area (TPSA) is 67.9 Å². The second-order valence-corrected chi connectivity index (χ2v) is 5.19. The standard InChI is InChI=1S/C13H20N2O4/c1-5-6-14-11(16)10-9-18-8-7-15(10)12(17)19-13(2,3)4/h1,10H,6-9H2,2-4H3,(H,14,16). The molecule has 1 fully saturated rings. The van der Waals surface area contributed by atoms with Crippen LogP contribution in [-0.2, 0) is 14.3 Å². The largest absolute Gasteiger partial charge is 0.444 e. The summed E-state index contributed by atoms with van der Waals surface area (Å²) in [5.41, 5.74) is -0.602. The van der Waals surface area contributed by atoms with Gasteiger partial charge in [-0.15, -0.1) is 6.42 Å². The first-order chi connectivity index (χ1) is 8.85. The Morgan fingerprint density at radius 2 is 2.21 bits per heavy atom. The van der Waals surface area contributed by atoms with Crippen molar-refractivity contribution in [3.05, 3.63) is 0 Å². The van der Waals surface area contributed by atoms with Gasteiger partial charge >= 0.3 is 6.09 Å². The Balaban J connectivity index is 2.69. The number of hydrogen-bond acceptors (Lipinski definition) is 4. The van der Waals surface area contributed by atoms with Gasteiger partial charge in [-0.2, -0.15) is 0 Å². The van der Waals surface area contributed by atoms with Gasteiger partial charge < -0.3 is 14.8 Å². The number of nitrogens with one attached hydrogen (secondary N) is 1. The maximum Gasteiger partial charge on any atom is 0.411 e. The Labute approximate surface area is 113 Å². The van der Waals surface area contributed by atoms with Crippen LogP contribution < -0.4 is 5.32 Å². The number of carbonyl (C=O) groups is 2. The van der Waals surface area contributed by atoms with E-state index in [4.69, 9.17) is 15.9 Å². The molecule has 1 aliphatic rings. The maximum absolute atomic E-state index is 12.0. The lowest BCUT2D eigenvalue weighted by atomic mass is 10.2. The second kappa shape index (κ2) is 6.43. The molecule has 2 amide bonds. The Bertz CT molecular complexity index is 381. The molecule has 0 aromatic heterocycles. The van der Waals surface area contributed by atoms with Crippen molar-refractivity contribution < 1.29 is 19.1 Å². The third-order valence-corrected chi connectivity index (χ3v) is 2.42. The molecule has 0 bridgehead atoms. The van der Waals surface area contributed by atoms with Gasteiger partial charge in [-0.1, -0.05) is 5.92 Å². The molecule has 0 aromatic carbocycles. The lowest BCUT2D eigenvalue weighted by molar-refractivity contribution is -0.132. The van der Waals surface area contributed by atoms with Crippen molar-refractivity contribution in [2.45, 2.75) is 32.4 Å². The molecule has 6 nitrogen and oxygen atoms in total. The minimum absolute atomic E-state index is 0.123. The predicted molar refractivity (Wildman–Crippen MR) is 69.4 cm³/mol. The van der Waals surface area contributed by atoms with Gasteiger partial charge in [-0.05, 0) is 20.8 Å². The Morgan fingerprint density at radius 3 is 2.79 bits per heavy atom. The molecule has 1 unspecified atom stereocenters. The van der Waals surface area contributed by atoms with Crippen LogP contribution in [0.25, 0.3) is 0 Å². The summed E-state index contributed by atoms with van der Waals surface area (Å²) in [6.07, 6.45) is 4.57. The van der Waals surface area contributed by atoms with Crippen molar-refractivity contribution in [2.75, 3.05) is 26.3 Å². The van der Waals surface area contributed by atoms with Crippen LogP contribution in [0.15, 0.2) is 0 Å². The van der Waals surface area contributed by atoms with Crippen LogP contribution in [0.3, 0.4) is 0 Å². The van der Waals surface area contributed by atoms with E-state index in [0.29, 0.717) is 13.2 Å². The molecule has 1 saturated heterocycles. The van der Waals surface area contributed by atoms with Crippen molar-refractivity contribution in [2.24, 2.45) is 0 Å². The summed E-state index contributed by atoms with van der Waals surface area (Å²) in [5, 5.41) is 2.55. The van der Waals surface area contributed by atoms with Crippen molar-refractivity contribution in [1.82, 2.24) is 10.2 Å². The highest BCUT2D eigenvalue weighted by Gasteiger charge is 2.35. The number of nitrogens with zero attached hydrogens (tertiary/aromatic N) is 1. The molecule has 19 heavy (non-hydrogen) atoms. The fourth-order valence-corrected chi connectivity index (χ4v) is 1.62. The van der Waals surface area contributed by atoms with Crippen LogP contribution in [0, 0.1) is 12.3 Å². The van der Waals surface area contributed by atoms with Crippen molar-refractivity contribution in [3.8, 4) is 12.3 Å². The zero-order chi connectivity index (χ0) is 14.5. The van der Waals surface area contributed by atoms with Crippen LogP contribution in [0.5, 0.6) is 0 Å². The maximum atomic E-state index is 12.0. The summed E-state index contributed by atoms with van der Waals surface area (Å²) in [4.78, 5) is 25.3. The van der Waals surface area contributed by atoms with Gasteiger partial charge in [0.25, 0.3) is 0 Å². The van der Waals surface area contributed by atoms with Crippen LogP contribution in [0.4, 0.5) is 4.79 Å². The van der Waals surface area contributed by atoms with Gasteiger partial charge in [0, 0.05) is 6.54 Å². The number of ether oxygens (including phenoxy) is 2. The highest BCUT2D eigenvalue weighted by molar-refractivity contribution is 5.86. The first-order valence-electron chi connectivity index (χ1n) is 6.13. The average molecular weight is 268 g/mol. The molecule has 0 aromatic rings. The molecule has 0 radical (unpaired) electrons. The third-order valence-electron chi connectivity index (χ3n) is 2.42. The molecule has 0 saturated carbocycles. The van der Waals surface area contributed by atoms with E-state index in [1.165, 1.54) is 4.90 Å². The monoisotopic (exact) mass is 268 g/mol. The molecule has 0 spiro atoms. The third kappa shape index (κ3) is 4.79. The van der Waals surface area contributed by atoms with Gasteiger partial charge in [-0.25, -0.2) is 4.79 Å². The van der Waals surface area contributed by atoms with E-state index >= 15 is 0 Å². The van der Waals surface area contributed by atoms with E-state index in [1.54, 1.807) is 20.8 Å². The fraction of sp³-hybridized carbons (Fsp3) is 0.692. The van der Waals surface area contributed by atoms with Gasteiger partial charge in [0.15, 0.2) is 0 Å². The van der Waals surface area contributed by atoms with Crippen LogP contribution in [0.1, 0.15) is 20.8 Å². The molecule has 106 valence electrons. The zero-order valence-electron chi connectivity index (χ0n) is 11.6. The molecule has 1 aliphatic heterocycles. The van der Waals surface area contributed by atoms with Gasteiger partial charge in [0.2, 0.25) is 5.91 Å². The van der Waals surface area contributed by atoms with Crippen molar-refractivity contribution in [3.63, 3.8) is 0 Å². The average Bonchev–Trinajstić information content (AvgIpc) is 2.34. The summed E-state index contributed by atoms with van der Waals surface area (Å²) >= 11 is 0. The zero-order valence-corrected chi connectivity index (χ0v) is 11.6. The number of carbonyl (C=O) groups excluding carboxylic acids is 2. The number of hydrogen-bond donors (Lipinski definition) is 1. The van der Waals surface area contributed by atoms with Gasteiger partial charge in [-0.3, -0.25) is 9.69 Å². The SMILES string of the molecule is C#CCNC(=O)C1COCCN1C(=O)OC(C)(C)C. The van der Waals surface area contributed by atoms with Crippen LogP contribution in [-0.4, -0.2) is 54.8 Å². The number of morpholine rings is 1. The van der Waals surface area contributed by atoms with E-state index < -0.39 is 17.7 Å². The van der Waals surface area contributed by atoms with E-state index in [0.717, 1.165) is 0 Å². The molecular weight excluding hydrogens is 248 g/mol. The fourth-order valence-electron chi connectivity index (χ4n) is 1.62. The highest BCUT2D eigenvalue weighted by atomic mass is 16.6. The minimum atomic E-state index is -0.697. The van der Waals surface area contributed by atoms with Gasteiger partial charge in [0.05, 0.1) is 19.8 Å². The molecule has 1 heterocycles. The summed E-state index contributed by atoms with van der Waals surface area (Å²) < 4.78 is 10.5. The predicted octanol–water partition coefficient (Wildman–Crippen LogP) is 0.372. The summed E-state index contributed by atoms with van der Waals surface area (Å²) in [6, 6.07) is -0.697. The molecule has 1 N–H and O–H groups in total. The first kappa shape index (κ1) is 15.3. The van der Waals surface area contributed by atoms with E-state index in [2.05, 4.69) is 11.2 Å². The minimum Gasteiger partial charge on any atom is -0.444 e. The Hall–Kier alpha value is -1.74. The molecule has 6 heteroatoms. The number of rotatable bonds is 2. The van der Waals surface area contributed by atoms with Gasteiger partial charge in [0.1, 0.15) is 11.6 Å². The van der Waals surface area contributed by atoms with E-state index in [1.807, 2.05) is 0 Å². The Morgan fingerprint density at radius 1 is 1.53 bits per heavy atom. The number of amides is 2. The van der Waals surface area contributed by atoms with Crippen LogP contribution in [0.2, 0.25) is 0 Å². The Kier molecular flexibility index (Phi) is 5.19.